The molecule has 1 saturated heterocycles. The van der Waals surface area contributed by atoms with E-state index in [0.29, 0.717) is 12.0 Å². The summed E-state index contributed by atoms with van der Waals surface area (Å²) in [6, 6.07) is 0.550. The normalized spacial score (nSPS) is 25.0. The van der Waals surface area contributed by atoms with Gasteiger partial charge in [-0.25, -0.2) is 9.78 Å². The lowest BCUT2D eigenvalue weighted by molar-refractivity contribution is 0.190. The van der Waals surface area contributed by atoms with Crippen molar-refractivity contribution in [2.24, 2.45) is 5.92 Å². The van der Waals surface area contributed by atoms with Gasteiger partial charge in [-0.2, -0.15) is 0 Å². The maximum atomic E-state index is 12.3. The molecule has 3 rings (SSSR count). The molecule has 6 nitrogen and oxygen atoms in total. The Bertz CT molecular complexity index is 514. The minimum Gasteiger partial charge on any atom is -0.336 e. The van der Waals surface area contributed by atoms with Crippen molar-refractivity contribution in [1.29, 1.82) is 0 Å². The third kappa shape index (κ3) is 3.43. The molecule has 122 valence electrons. The molecule has 1 aromatic rings. The van der Waals surface area contributed by atoms with Gasteiger partial charge >= 0.3 is 6.03 Å². The highest BCUT2D eigenvalue weighted by molar-refractivity contribution is 5.73. The van der Waals surface area contributed by atoms with Crippen LogP contribution in [0.1, 0.15) is 25.1 Å². The second-order valence-corrected chi connectivity index (χ2v) is 6.74. The summed E-state index contributed by atoms with van der Waals surface area (Å²) in [5, 5.41) is 3.08. The fourth-order valence-electron chi connectivity index (χ4n) is 3.62. The highest BCUT2D eigenvalue weighted by Crippen LogP contribution is 2.20. The Kier molecular flexibility index (Phi) is 4.66. The van der Waals surface area contributed by atoms with Gasteiger partial charge in [0.25, 0.3) is 0 Å². The number of hydrogen-bond donors (Lipinski definition) is 1. The topological polar surface area (TPSA) is 53.4 Å². The van der Waals surface area contributed by atoms with Gasteiger partial charge in [0.15, 0.2) is 0 Å². The van der Waals surface area contributed by atoms with Gasteiger partial charge in [0, 0.05) is 51.5 Å². The number of hydrogen-bond acceptors (Lipinski definition) is 3. The number of fused-ring (bicyclic) bond motifs is 1. The predicted octanol–water partition coefficient (Wildman–Crippen LogP) is 1.18. The quantitative estimate of drug-likeness (QED) is 0.909. The van der Waals surface area contributed by atoms with E-state index in [-0.39, 0.29) is 6.03 Å². The number of nitrogens with one attached hydrogen (secondary N) is 1. The van der Waals surface area contributed by atoms with E-state index < -0.39 is 0 Å². The number of aromatic nitrogens is 2. The third-order valence-corrected chi connectivity index (χ3v) is 5.09. The lowest BCUT2D eigenvalue weighted by Gasteiger charge is -2.28. The van der Waals surface area contributed by atoms with Crippen LogP contribution in [0.3, 0.4) is 0 Å². The average Bonchev–Trinajstić information content (AvgIpc) is 3.13. The number of imidazole rings is 1. The molecule has 3 heterocycles. The zero-order valence-corrected chi connectivity index (χ0v) is 13.7. The molecule has 1 fully saturated rings. The highest BCUT2D eigenvalue weighted by atomic mass is 16.2. The van der Waals surface area contributed by atoms with Crippen LogP contribution in [-0.2, 0) is 13.0 Å². The lowest BCUT2D eigenvalue weighted by Crippen LogP contribution is -2.45. The maximum Gasteiger partial charge on any atom is 0.317 e. The summed E-state index contributed by atoms with van der Waals surface area (Å²) >= 11 is 0. The van der Waals surface area contributed by atoms with E-state index in [9.17, 15) is 4.79 Å². The molecule has 0 spiro atoms. The zero-order valence-electron chi connectivity index (χ0n) is 13.7. The lowest BCUT2D eigenvalue weighted by atomic mass is 9.97. The van der Waals surface area contributed by atoms with Gasteiger partial charge in [-0.05, 0) is 38.8 Å². The van der Waals surface area contributed by atoms with Gasteiger partial charge in [-0.1, -0.05) is 0 Å². The van der Waals surface area contributed by atoms with Crippen LogP contribution >= 0.6 is 0 Å². The van der Waals surface area contributed by atoms with Crippen LogP contribution in [0, 0.1) is 5.92 Å². The number of likely N-dealkylation sites (tertiary alicyclic amines) is 1. The molecule has 0 bridgehead atoms. The Morgan fingerprint density at radius 3 is 3.09 bits per heavy atom. The van der Waals surface area contributed by atoms with Crippen LogP contribution in [0.2, 0.25) is 0 Å². The van der Waals surface area contributed by atoms with E-state index in [2.05, 4.69) is 26.8 Å². The Morgan fingerprint density at radius 2 is 2.32 bits per heavy atom. The molecule has 0 radical (unpaired) electrons. The molecule has 2 unspecified atom stereocenters. The molecule has 2 amide bonds. The second kappa shape index (κ2) is 6.69. The molecular formula is C16H27N5O. The molecule has 6 heteroatoms. The summed E-state index contributed by atoms with van der Waals surface area (Å²) in [5.41, 5.74) is 0. The molecule has 0 aromatic carbocycles. The number of nitrogens with zero attached hydrogens (tertiary/aromatic N) is 4. The summed E-state index contributed by atoms with van der Waals surface area (Å²) in [4.78, 5) is 20.8. The number of likely N-dealkylation sites (N-methyl/N-ethyl adjacent to an activating group) is 1. The van der Waals surface area contributed by atoms with Gasteiger partial charge < -0.3 is 19.7 Å². The van der Waals surface area contributed by atoms with E-state index in [1.54, 1.807) is 0 Å². The van der Waals surface area contributed by atoms with Crippen LogP contribution in [0.25, 0.3) is 0 Å². The molecule has 2 aliphatic rings. The summed E-state index contributed by atoms with van der Waals surface area (Å²) in [7, 11) is 4.03. The number of carbonyl (C=O) groups is 1. The van der Waals surface area contributed by atoms with E-state index in [1.165, 1.54) is 12.8 Å². The van der Waals surface area contributed by atoms with Crippen molar-refractivity contribution < 1.29 is 4.79 Å². The minimum atomic E-state index is 0.0502. The summed E-state index contributed by atoms with van der Waals surface area (Å²) < 4.78 is 2.21. The summed E-state index contributed by atoms with van der Waals surface area (Å²) in [6.45, 7) is 3.72. The number of urea groups is 1. The van der Waals surface area contributed by atoms with E-state index in [0.717, 1.165) is 44.8 Å². The summed E-state index contributed by atoms with van der Waals surface area (Å²) in [6.07, 6.45) is 8.42. The summed E-state index contributed by atoms with van der Waals surface area (Å²) in [5.74, 6) is 1.66. The number of rotatable bonds is 4. The first kappa shape index (κ1) is 15.3. The zero-order chi connectivity index (χ0) is 15.5. The van der Waals surface area contributed by atoms with Gasteiger partial charge in [-0.15, -0.1) is 0 Å². The molecular weight excluding hydrogens is 278 g/mol. The van der Waals surface area contributed by atoms with Gasteiger partial charge in [0.1, 0.15) is 5.82 Å². The smallest absolute Gasteiger partial charge is 0.317 e. The number of carbonyl (C=O) groups excluding carboxylic acids is 1. The van der Waals surface area contributed by atoms with Crippen LogP contribution in [0.15, 0.2) is 12.4 Å². The van der Waals surface area contributed by atoms with E-state index >= 15 is 0 Å². The van der Waals surface area contributed by atoms with Crippen molar-refractivity contribution in [2.75, 3.05) is 33.7 Å². The van der Waals surface area contributed by atoms with E-state index in [1.807, 2.05) is 24.3 Å². The molecule has 22 heavy (non-hydrogen) atoms. The van der Waals surface area contributed by atoms with Crippen LogP contribution in [-0.4, -0.2) is 65.2 Å². The Morgan fingerprint density at radius 1 is 1.45 bits per heavy atom. The first-order chi connectivity index (χ1) is 10.6. The molecule has 2 aliphatic heterocycles. The van der Waals surface area contributed by atoms with Crippen molar-refractivity contribution in [3.8, 4) is 0 Å². The fraction of sp³-hybridized carbons (Fsp3) is 0.750. The molecule has 1 aromatic heterocycles. The van der Waals surface area contributed by atoms with Gasteiger partial charge in [0.2, 0.25) is 0 Å². The van der Waals surface area contributed by atoms with Crippen LogP contribution < -0.4 is 5.32 Å². The van der Waals surface area contributed by atoms with Crippen LogP contribution in [0.4, 0.5) is 4.79 Å². The highest BCUT2D eigenvalue weighted by Gasteiger charge is 2.24. The first-order valence-electron chi connectivity index (χ1n) is 8.32. The third-order valence-electron chi connectivity index (χ3n) is 5.09. The maximum absolute atomic E-state index is 12.3. The average molecular weight is 305 g/mol. The first-order valence-corrected chi connectivity index (χ1v) is 8.32. The van der Waals surface area contributed by atoms with Crippen LogP contribution in [0.5, 0.6) is 0 Å². The largest absolute Gasteiger partial charge is 0.336 e. The van der Waals surface area contributed by atoms with Crippen molar-refractivity contribution in [3.63, 3.8) is 0 Å². The van der Waals surface area contributed by atoms with Gasteiger partial charge in [-0.3, -0.25) is 0 Å². The minimum absolute atomic E-state index is 0.0502. The second-order valence-electron chi connectivity index (χ2n) is 6.74. The van der Waals surface area contributed by atoms with Gasteiger partial charge in [0.05, 0.1) is 0 Å². The van der Waals surface area contributed by atoms with Crippen molar-refractivity contribution >= 4 is 6.03 Å². The molecule has 2 atom stereocenters. The standard InChI is InChI=1S/C16H27N5O/c1-19-7-3-4-14(19)11-18-16(22)20(2)12-13-5-8-21-9-6-17-15(21)10-13/h6,9,13-14H,3-5,7-8,10-12H2,1-2H3,(H,18,22). The molecule has 1 N–H and O–H groups in total. The monoisotopic (exact) mass is 305 g/mol. The Balaban J connectivity index is 1.43. The SMILES string of the molecule is CN(CC1CCn2ccnc2C1)C(=O)NCC1CCCN1C. The fourth-order valence-corrected chi connectivity index (χ4v) is 3.62. The van der Waals surface area contributed by atoms with Crippen molar-refractivity contribution in [2.45, 2.75) is 38.3 Å². The predicted molar refractivity (Wildman–Crippen MR) is 85.7 cm³/mol. The van der Waals surface area contributed by atoms with E-state index in [4.69, 9.17) is 0 Å². The molecule has 0 saturated carbocycles. The Labute approximate surface area is 132 Å². The number of aryl methyl sites for hydroxylation is 1. The van der Waals surface area contributed by atoms with Crippen molar-refractivity contribution in [1.82, 2.24) is 24.7 Å². The Hall–Kier alpha value is -1.56. The molecule has 0 aliphatic carbocycles. The number of amides is 2. The van der Waals surface area contributed by atoms with Crippen molar-refractivity contribution in [3.05, 3.63) is 18.2 Å².